The molecular weight excluding hydrogens is 545 g/mol. The number of fused-ring (bicyclic) bond motifs is 7. The lowest BCUT2D eigenvalue weighted by Gasteiger charge is -2.25. The fourth-order valence-corrected chi connectivity index (χ4v) is 9.12. The Balaban J connectivity index is 1.30. The van der Waals surface area contributed by atoms with Gasteiger partial charge in [-0.1, -0.05) is 37.3 Å². The Hall–Kier alpha value is -4.18. The van der Waals surface area contributed by atoms with Crippen LogP contribution in [-0.2, 0) is 24.1 Å². The number of rotatable bonds is 4. The fraction of sp³-hybridized carbons (Fsp3) is 0.200. The van der Waals surface area contributed by atoms with Crippen LogP contribution in [0.4, 0.5) is 11.4 Å². The zero-order chi connectivity index (χ0) is 28.2. The third-order valence-electron chi connectivity index (χ3n) is 8.41. The predicted octanol–water partition coefficient (Wildman–Crippen LogP) is 9.15. The molecule has 3 heterocycles. The number of aliphatic carboxylic acids is 1. The second-order valence-corrected chi connectivity index (χ2v) is 13.0. The molecular formula is C35H28N2O2S2. The van der Waals surface area contributed by atoms with E-state index in [2.05, 4.69) is 85.5 Å². The van der Waals surface area contributed by atoms with E-state index in [4.69, 9.17) is 0 Å². The predicted molar refractivity (Wildman–Crippen MR) is 171 cm³/mol. The molecule has 7 rings (SSSR count). The highest BCUT2D eigenvalue weighted by atomic mass is 32.1. The van der Waals surface area contributed by atoms with Crippen LogP contribution in [-0.4, -0.2) is 17.6 Å². The Morgan fingerprint density at radius 1 is 1.02 bits per heavy atom. The van der Waals surface area contributed by atoms with Crippen LogP contribution in [0.15, 0.2) is 77.9 Å². The minimum absolute atomic E-state index is 0.160. The van der Waals surface area contributed by atoms with Gasteiger partial charge in [-0.3, -0.25) is 0 Å². The Kier molecular flexibility index (Phi) is 6.30. The molecule has 1 atom stereocenters. The lowest BCUT2D eigenvalue weighted by atomic mass is 9.88. The van der Waals surface area contributed by atoms with Gasteiger partial charge in [0, 0.05) is 38.4 Å². The molecule has 202 valence electrons. The zero-order valence-corrected chi connectivity index (χ0v) is 24.5. The number of carboxylic acids is 1. The van der Waals surface area contributed by atoms with Gasteiger partial charge in [0.05, 0.1) is 9.40 Å². The maximum atomic E-state index is 11.4. The summed E-state index contributed by atoms with van der Waals surface area (Å²) >= 11 is 3.66. The molecule has 0 saturated heterocycles. The molecule has 6 heteroatoms. The molecule has 1 N–H and O–H groups in total. The third-order valence-corrected chi connectivity index (χ3v) is 11.0. The number of nitrogens with zero attached hydrogens (tertiary/aromatic N) is 2. The summed E-state index contributed by atoms with van der Waals surface area (Å²) in [4.78, 5) is 15.2. The number of carboxylic acid groups (broad SMARTS) is 1. The van der Waals surface area contributed by atoms with Crippen LogP contribution in [0.2, 0.25) is 0 Å². The third kappa shape index (κ3) is 4.28. The van der Waals surface area contributed by atoms with Gasteiger partial charge in [-0.25, -0.2) is 4.79 Å². The number of anilines is 2. The van der Waals surface area contributed by atoms with E-state index in [-0.39, 0.29) is 11.5 Å². The van der Waals surface area contributed by atoms with Crippen molar-refractivity contribution >= 4 is 65.6 Å². The van der Waals surface area contributed by atoms with Gasteiger partial charge in [0.15, 0.2) is 0 Å². The molecule has 0 radical (unpaired) electrons. The van der Waals surface area contributed by atoms with Crippen molar-refractivity contribution in [3.8, 4) is 17.2 Å². The van der Waals surface area contributed by atoms with Gasteiger partial charge < -0.3 is 10.0 Å². The van der Waals surface area contributed by atoms with Crippen molar-refractivity contribution in [2.75, 3.05) is 11.4 Å². The van der Waals surface area contributed by atoms with Crippen LogP contribution in [0.25, 0.3) is 36.7 Å². The molecule has 3 aromatic carbocycles. The minimum Gasteiger partial charge on any atom is -0.477 e. The summed E-state index contributed by atoms with van der Waals surface area (Å²) in [7, 11) is 0. The number of thiophene rings is 2. The molecule has 1 aliphatic carbocycles. The van der Waals surface area contributed by atoms with E-state index in [0.717, 1.165) is 31.4 Å². The highest BCUT2D eigenvalue weighted by Crippen LogP contribution is 2.48. The summed E-state index contributed by atoms with van der Waals surface area (Å²) in [5, 5.41) is 19.9. The van der Waals surface area contributed by atoms with Gasteiger partial charge in [-0.05, 0) is 102 Å². The van der Waals surface area contributed by atoms with Crippen molar-refractivity contribution in [1.82, 2.24) is 0 Å². The Morgan fingerprint density at radius 3 is 2.59 bits per heavy atom. The molecule has 2 aliphatic rings. The Bertz CT molecular complexity index is 1980. The molecule has 4 nitrogen and oxygen atoms in total. The first-order valence-electron chi connectivity index (χ1n) is 14.0. The molecule has 5 aromatic rings. The standard InChI is InChI=1S/C35H28N2O2S2/c1-3-37-29-7-5-4-6-21(29)8-9-24-15-22(10-12-30(24)37)23-11-13-31-27(17-23)33-34(40-31)28-18-25(16-26(19-36)35(38)39)20(2)14-32(28)41-33/h4-7,10-13,15-18,20H,3,8-9,14H2,1-2H3,(H,38,39)/b26-16+. The normalized spacial score (nSPS) is 16.5. The summed E-state index contributed by atoms with van der Waals surface area (Å²) < 4.78 is 3.81. The van der Waals surface area contributed by atoms with Crippen molar-refractivity contribution in [1.29, 1.82) is 5.26 Å². The van der Waals surface area contributed by atoms with E-state index in [1.807, 2.05) is 17.4 Å². The SMILES string of the molecule is CCN1c2ccccc2CCc2cc(-c3ccc4sc5c6c(sc5c4c3)CC(C)C(/C=C(\C#N)C(=O)O)=C6)ccc21. The number of allylic oxidation sites excluding steroid dienone is 2. The topological polar surface area (TPSA) is 64.3 Å². The lowest BCUT2D eigenvalue weighted by Crippen LogP contribution is -2.17. The average molecular weight is 573 g/mol. The first-order valence-corrected chi connectivity index (χ1v) is 15.6. The van der Waals surface area contributed by atoms with Gasteiger partial charge in [0.2, 0.25) is 0 Å². The number of nitriles is 1. The smallest absolute Gasteiger partial charge is 0.346 e. The number of hydrogen-bond donors (Lipinski definition) is 1. The minimum atomic E-state index is -1.18. The average Bonchev–Trinajstić information content (AvgIpc) is 3.45. The van der Waals surface area contributed by atoms with Crippen LogP contribution >= 0.6 is 22.7 Å². The van der Waals surface area contributed by atoms with Crippen molar-refractivity contribution in [3.05, 3.63) is 99.5 Å². The molecule has 1 unspecified atom stereocenters. The molecule has 0 amide bonds. The van der Waals surface area contributed by atoms with Crippen molar-refractivity contribution in [2.45, 2.75) is 33.1 Å². The highest BCUT2D eigenvalue weighted by Gasteiger charge is 2.25. The number of carbonyl (C=O) groups is 1. The van der Waals surface area contributed by atoms with Crippen molar-refractivity contribution in [3.63, 3.8) is 0 Å². The summed E-state index contributed by atoms with van der Waals surface area (Å²) in [6.07, 6.45) is 6.56. The van der Waals surface area contributed by atoms with Crippen LogP contribution < -0.4 is 4.90 Å². The number of benzene rings is 3. The maximum absolute atomic E-state index is 11.4. The quantitative estimate of drug-likeness (QED) is 0.172. The van der Waals surface area contributed by atoms with Crippen LogP contribution in [0.5, 0.6) is 0 Å². The van der Waals surface area contributed by atoms with Gasteiger partial charge in [0.1, 0.15) is 11.6 Å². The van der Waals surface area contributed by atoms with Crippen LogP contribution in [0, 0.1) is 17.2 Å². The molecule has 0 saturated carbocycles. The van der Waals surface area contributed by atoms with Crippen LogP contribution in [0.1, 0.15) is 35.4 Å². The monoisotopic (exact) mass is 572 g/mol. The summed E-state index contributed by atoms with van der Waals surface area (Å²) in [6.45, 7) is 5.26. The van der Waals surface area contributed by atoms with E-state index < -0.39 is 5.97 Å². The fourth-order valence-electron chi connectivity index (χ4n) is 6.29. The molecule has 1 aliphatic heterocycles. The number of para-hydroxylation sites is 1. The summed E-state index contributed by atoms with van der Waals surface area (Å²) in [6, 6.07) is 24.3. The first kappa shape index (κ1) is 25.8. The van der Waals surface area contributed by atoms with Crippen molar-refractivity contribution < 1.29 is 9.90 Å². The van der Waals surface area contributed by atoms with E-state index in [9.17, 15) is 15.2 Å². The summed E-state index contributed by atoms with van der Waals surface area (Å²) in [5.74, 6) is -1.02. The number of hydrogen-bond acceptors (Lipinski definition) is 5. The van der Waals surface area contributed by atoms with Gasteiger partial charge in [-0.15, -0.1) is 22.7 Å². The van der Waals surface area contributed by atoms with E-state index in [1.54, 1.807) is 17.4 Å². The van der Waals surface area contributed by atoms with E-state index in [0.29, 0.717) is 0 Å². The first-order chi connectivity index (χ1) is 19.9. The Morgan fingerprint density at radius 2 is 1.78 bits per heavy atom. The Labute approximate surface area is 247 Å². The second kappa shape index (κ2) is 10.0. The second-order valence-electron chi connectivity index (χ2n) is 10.9. The van der Waals surface area contributed by atoms with Crippen molar-refractivity contribution in [2.24, 2.45) is 5.92 Å². The maximum Gasteiger partial charge on any atom is 0.346 e. The zero-order valence-electron chi connectivity index (χ0n) is 22.9. The van der Waals surface area contributed by atoms with Gasteiger partial charge in [-0.2, -0.15) is 5.26 Å². The van der Waals surface area contributed by atoms with E-state index >= 15 is 0 Å². The molecule has 0 bridgehead atoms. The molecule has 0 spiro atoms. The van der Waals surface area contributed by atoms with Gasteiger partial charge in [0.25, 0.3) is 0 Å². The van der Waals surface area contributed by atoms with Crippen LogP contribution in [0.3, 0.4) is 0 Å². The molecule has 2 aromatic heterocycles. The highest BCUT2D eigenvalue weighted by molar-refractivity contribution is 7.33. The largest absolute Gasteiger partial charge is 0.477 e. The summed E-state index contributed by atoms with van der Waals surface area (Å²) in [5.41, 5.74) is 9.76. The number of aryl methyl sites for hydroxylation is 2. The molecule has 41 heavy (non-hydrogen) atoms. The van der Waals surface area contributed by atoms with E-state index in [1.165, 1.54) is 63.6 Å². The lowest BCUT2D eigenvalue weighted by molar-refractivity contribution is -0.132. The van der Waals surface area contributed by atoms with Gasteiger partial charge >= 0.3 is 5.97 Å². The molecule has 0 fully saturated rings.